The molecule has 0 atom stereocenters. The molecule has 1 aromatic rings. The predicted octanol–water partition coefficient (Wildman–Crippen LogP) is 1.27. The highest BCUT2D eigenvalue weighted by Crippen LogP contribution is 2.23. The Bertz CT molecular complexity index is 327. The molecule has 0 saturated carbocycles. The summed E-state index contributed by atoms with van der Waals surface area (Å²) in [4.78, 5) is 0. The van der Waals surface area contributed by atoms with Crippen molar-refractivity contribution in [1.29, 1.82) is 0 Å². The summed E-state index contributed by atoms with van der Waals surface area (Å²) in [5.74, 6) is -0.0341. The second kappa shape index (κ2) is 4.93. The van der Waals surface area contributed by atoms with Gasteiger partial charge in [-0.1, -0.05) is 29.3 Å². The molecule has 0 amide bonds. The number of nitrogens with zero attached hydrogens (tertiary/aromatic N) is 1. The van der Waals surface area contributed by atoms with Gasteiger partial charge in [-0.25, -0.2) is 0 Å². The topological polar surface area (TPSA) is 76.4 Å². The molecule has 0 aliphatic rings. The lowest BCUT2D eigenvalue weighted by Gasteiger charge is -2.05. The Morgan fingerprint density at radius 3 is 2.36 bits per heavy atom. The van der Waals surface area contributed by atoms with Gasteiger partial charge in [-0.2, -0.15) is 0 Å². The Balaban J connectivity index is 2.71. The smallest absolute Gasteiger partial charge is 0.208 e. The molecule has 14 heavy (non-hydrogen) atoms. The number of hydrazone groups is 1. The number of nitrogens with one attached hydrogen (secondary N) is 1. The fraction of sp³-hybridized carbons (Fsp3) is 0.125. The first-order chi connectivity index (χ1) is 6.61. The zero-order chi connectivity index (χ0) is 10.6. The number of halogens is 2. The lowest BCUT2D eigenvalue weighted by atomic mass is 10.2. The Labute approximate surface area is 91.9 Å². The monoisotopic (exact) mass is 232 g/mol. The average Bonchev–Trinajstić information content (AvgIpc) is 2.09. The molecule has 0 aliphatic carbocycles. The third kappa shape index (κ3) is 2.97. The molecule has 1 aromatic carbocycles. The first-order valence-electron chi connectivity index (χ1n) is 3.85. The molecule has 4 nitrogen and oxygen atoms in total. The lowest BCUT2D eigenvalue weighted by molar-refractivity contribution is 0.741. The number of nitrogens with two attached hydrogens (primary N) is 2. The molecule has 0 saturated heterocycles. The molecule has 0 radical (unpaired) electrons. The molecular formula is C8H10Cl2N4. The Kier molecular flexibility index (Phi) is 3.85. The number of rotatable bonds is 3. The van der Waals surface area contributed by atoms with Crippen LogP contribution >= 0.6 is 23.2 Å². The summed E-state index contributed by atoms with van der Waals surface area (Å²) in [6, 6.07) is 5.27. The van der Waals surface area contributed by atoms with Gasteiger partial charge in [0.15, 0.2) is 0 Å². The van der Waals surface area contributed by atoms with Crippen LogP contribution in [-0.2, 0) is 6.54 Å². The van der Waals surface area contributed by atoms with Gasteiger partial charge in [-0.05, 0) is 12.1 Å². The molecule has 0 aliphatic heterocycles. The maximum atomic E-state index is 5.91. The maximum absolute atomic E-state index is 5.91. The van der Waals surface area contributed by atoms with Gasteiger partial charge >= 0.3 is 0 Å². The highest BCUT2D eigenvalue weighted by molar-refractivity contribution is 6.35. The first kappa shape index (κ1) is 10.9. The molecule has 1 rings (SSSR count). The summed E-state index contributed by atoms with van der Waals surface area (Å²) in [6.07, 6.45) is 0. The number of benzene rings is 1. The summed E-state index contributed by atoms with van der Waals surface area (Å²) >= 11 is 11.8. The van der Waals surface area contributed by atoms with Gasteiger partial charge in [0.2, 0.25) is 5.96 Å². The Morgan fingerprint density at radius 2 is 1.86 bits per heavy atom. The van der Waals surface area contributed by atoms with E-state index in [1.807, 2.05) is 0 Å². The average molecular weight is 233 g/mol. The van der Waals surface area contributed by atoms with Crippen molar-refractivity contribution >= 4 is 29.2 Å². The quantitative estimate of drug-likeness (QED) is 0.418. The van der Waals surface area contributed by atoms with Crippen molar-refractivity contribution in [3.8, 4) is 0 Å². The molecular weight excluding hydrogens is 223 g/mol. The van der Waals surface area contributed by atoms with Crippen molar-refractivity contribution in [3.05, 3.63) is 33.8 Å². The van der Waals surface area contributed by atoms with E-state index in [-0.39, 0.29) is 5.96 Å². The van der Waals surface area contributed by atoms with Crippen LogP contribution in [0.3, 0.4) is 0 Å². The normalized spacial score (nSPS) is 9.57. The summed E-state index contributed by atoms with van der Waals surface area (Å²) in [5.41, 5.74) is 13.7. The molecule has 76 valence electrons. The van der Waals surface area contributed by atoms with Crippen molar-refractivity contribution in [1.82, 2.24) is 5.43 Å². The van der Waals surface area contributed by atoms with Crippen molar-refractivity contribution in [2.75, 3.05) is 0 Å². The van der Waals surface area contributed by atoms with E-state index in [1.165, 1.54) is 0 Å². The minimum Gasteiger partial charge on any atom is -0.369 e. The van der Waals surface area contributed by atoms with Crippen molar-refractivity contribution < 1.29 is 0 Å². The van der Waals surface area contributed by atoms with E-state index in [0.29, 0.717) is 16.6 Å². The third-order valence-electron chi connectivity index (χ3n) is 1.53. The number of guanidine groups is 1. The first-order valence-corrected chi connectivity index (χ1v) is 4.61. The molecule has 6 heteroatoms. The minimum atomic E-state index is -0.0341. The van der Waals surface area contributed by atoms with Gasteiger partial charge in [0, 0.05) is 15.6 Å². The van der Waals surface area contributed by atoms with E-state index < -0.39 is 0 Å². The lowest BCUT2D eigenvalue weighted by Crippen LogP contribution is -2.26. The largest absolute Gasteiger partial charge is 0.369 e. The zero-order valence-corrected chi connectivity index (χ0v) is 8.81. The third-order valence-corrected chi connectivity index (χ3v) is 2.23. The van der Waals surface area contributed by atoms with Gasteiger partial charge < -0.3 is 16.9 Å². The fourth-order valence-electron chi connectivity index (χ4n) is 0.911. The Hall–Kier alpha value is -1.13. The highest BCUT2D eigenvalue weighted by Gasteiger charge is 2.03. The zero-order valence-electron chi connectivity index (χ0n) is 7.30. The van der Waals surface area contributed by atoms with Crippen LogP contribution in [0, 0.1) is 0 Å². The second-order valence-corrected chi connectivity index (χ2v) is 3.39. The molecule has 0 heterocycles. The van der Waals surface area contributed by atoms with Gasteiger partial charge in [-0.3, -0.25) is 0 Å². The van der Waals surface area contributed by atoms with E-state index in [2.05, 4.69) is 10.5 Å². The van der Waals surface area contributed by atoms with Crippen LogP contribution in [0.15, 0.2) is 23.3 Å². The standard InChI is InChI=1S/C8H10Cl2N4/c9-6-2-1-3-7(10)5(6)4-13-14-8(11)12/h1-3,13H,4H2,(H4,11,12,14). The molecule has 5 N–H and O–H groups in total. The number of hydrogen-bond acceptors (Lipinski definition) is 2. The van der Waals surface area contributed by atoms with Crippen LogP contribution in [0.25, 0.3) is 0 Å². The summed E-state index contributed by atoms with van der Waals surface area (Å²) in [6.45, 7) is 0.385. The van der Waals surface area contributed by atoms with E-state index in [4.69, 9.17) is 34.7 Å². The molecule has 0 spiro atoms. The van der Waals surface area contributed by atoms with Crippen LogP contribution in [0.4, 0.5) is 0 Å². The fourth-order valence-corrected chi connectivity index (χ4v) is 1.44. The van der Waals surface area contributed by atoms with Gasteiger partial charge in [0.1, 0.15) is 0 Å². The number of hydrogen-bond donors (Lipinski definition) is 3. The van der Waals surface area contributed by atoms with Gasteiger partial charge in [0.05, 0.1) is 6.54 Å². The molecule has 0 aromatic heterocycles. The van der Waals surface area contributed by atoms with Crippen molar-refractivity contribution in [2.24, 2.45) is 16.6 Å². The van der Waals surface area contributed by atoms with Crippen molar-refractivity contribution in [3.63, 3.8) is 0 Å². The Morgan fingerprint density at radius 1 is 1.29 bits per heavy atom. The second-order valence-electron chi connectivity index (χ2n) is 2.57. The molecule has 0 fully saturated rings. The molecule has 0 bridgehead atoms. The van der Waals surface area contributed by atoms with Crippen LogP contribution in [0.1, 0.15) is 5.56 Å². The van der Waals surface area contributed by atoms with Crippen LogP contribution < -0.4 is 16.9 Å². The van der Waals surface area contributed by atoms with Crippen LogP contribution in [0.5, 0.6) is 0 Å². The van der Waals surface area contributed by atoms with Crippen LogP contribution in [-0.4, -0.2) is 5.96 Å². The summed E-state index contributed by atoms with van der Waals surface area (Å²) in [5, 5.41) is 4.77. The predicted molar refractivity (Wildman–Crippen MR) is 59.1 cm³/mol. The van der Waals surface area contributed by atoms with Gasteiger partial charge in [0.25, 0.3) is 0 Å². The molecule has 0 unspecified atom stereocenters. The highest BCUT2D eigenvalue weighted by atomic mass is 35.5. The van der Waals surface area contributed by atoms with Crippen molar-refractivity contribution in [2.45, 2.75) is 6.54 Å². The SMILES string of the molecule is NC(N)=NNCc1c(Cl)cccc1Cl. The summed E-state index contributed by atoms with van der Waals surface area (Å²) in [7, 11) is 0. The van der Waals surface area contributed by atoms with E-state index in [9.17, 15) is 0 Å². The van der Waals surface area contributed by atoms with E-state index in [1.54, 1.807) is 18.2 Å². The van der Waals surface area contributed by atoms with E-state index in [0.717, 1.165) is 5.56 Å². The van der Waals surface area contributed by atoms with E-state index >= 15 is 0 Å². The summed E-state index contributed by atoms with van der Waals surface area (Å²) < 4.78 is 0. The van der Waals surface area contributed by atoms with Gasteiger partial charge in [-0.15, -0.1) is 5.10 Å². The van der Waals surface area contributed by atoms with Crippen LogP contribution in [0.2, 0.25) is 10.0 Å². The minimum absolute atomic E-state index is 0.0341. The maximum Gasteiger partial charge on any atom is 0.208 e.